The van der Waals surface area contributed by atoms with Crippen LogP contribution in [0.1, 0.15) is 27.7 Å². The molecule has 3 fully saturated rings. The Morgan fingerprint density at radius 3 is 1.40 bits per heavy atom. The van der Waals surface area contributed by atoms with Crippen LogP contribution in [0.15, 0.2) is 0 Å². The molecule has 8 heteroatoms. The third-order valence-corrected chi connectivity index (χ3v) is 4.74. The van der Waals surface area contributed by atoms with Gasteiger partial charge in [-0.1, -0.05) is 0 Å². The number of urea groups is 2. The Bertz CT molecular complexity index is 448. The molecule has 2 atom stereocenters. The lowest BCUT2D eigenvalue weighted by molar-refractivity contribution is -0.406. The van der Waals surface area contributed by atoms with Gasteiger partial charge in [-0.05, 0) is 27.7 Å². The largest absolute Gasteiger partial charge is 0.347 e. The minimum atomic E-state index is -0.650. The second-order valence-electron chi connectivity index (χ2n) is 6.56. The fourth-order valence-electron chi connectivity index (χ4n) is 2.65. The monoisotopic (exact) mass is 284 g/mol. The molecule has 0 aromatic carbocycles. The SMILES string of the molecule is CN1C(=O)N2OC3N(OC2C1(C)C)C(=O)N(C)C3(C)C. The predicted molar refractivity (Wildman–Crippen MR) is 67.9 cm³/mol. The molecular weight excluding hydrogens is 264 g/mol. The highest BCUT2D eigenvalue weighted by Gasteiger charge is 2.63. The average molecular weight is 284 g/mol. The Balaban J connectivity index is 1.98. The quantitative estimate of drug-likeness (QED) is 0.660. The Morgan fingerprint density at radius 1 is 0.800 bits per heavy atom. The summed E-state index contributed by atoms with van der Waals surface area (Å²) >= 11 is 0. The van der Waals surface area contributed by atoms with Crippen molar-refractivity contribution in [3.05, 3.63) is 0 Å². The van der Waals surface area contributed by atoms with Crippen LogP contribution in [0, 0.1) is 0 Å². The highest BCUT2D eigenvalue weighted by atomic mass is 16.9. The summed E-state index contributed by atoms with van der Waals surface area (Å²) in [7, 11) is 3.38. The van der Waals surface area contributed by atoms with Gasteiger partial charge in [-0.2, -0.15) is 10.1 Å². The first-order valence-electron chi connectivity index (χ1n) is 6.57. The van der Waals surface area contributed by atoms with E-state index in [1.54, 1.807) is 23.9 Å². The van der Waals surface area contributed by atoms with E-state index >= 15 is 0 Å². The number of nitrogens with zero attached hydrogens (tertiary/aromatic N) is 4. The number of hydroxylamine groups is 4. The van der Waals surface area contributed by atoms with Gasteiger partial charge in [0.15, 0.2) is 0 Å². The van der Waals surface area contributed by atoms with Crippen LogP contribution in [0.2, 0.25) is 0 Å². The number of hydrogen-bond donors (Lipinski definition) is 0. The summed E-state index contributed by atoms with van der Waals surface area (Å²) in [5.74, 6) is 0. The smallest absolute Gasteiger partial charge is 0.316 e. The number of amides is 4. The summed E-state index contributed by atoms with van der Waals surface area (Å²) in [6.45, 7) is 7.48. The maximum absolute atomic E-state index is 12.2. The van der Waals surface area contributed by atoms with E-state index in [0.717, 1.165) is 0 Å². The summed E-state index contributed by atoms with van der Waals surface area (Å²) in [6.07, 6.45) is -1.30. The van der Waals surface area contributed by atoms with Crippen LogP contribution in [-0.4, -0.2) is 69.6 Å². The minimum absolute atomic E-state index is 0.266. The first-order valence-corrected chi connectivity index (χ1v) is 6.57. The van der Waals surface area contributed by atoms with E-state index in [0.29, 0.717) is 0 Å². The summed E-state index contributed by atoms with van der Waals surface area (Å²) < 4.78 is 0. The third-order valence-electron chi connectivity index (χ3n) is 4.74. The molecule has 0 N–H and O–H groups in total. The van der Waals surface area contributed by atoms with E-state index in [9.17, 15) is 9.59 Å². The highest BCUT2D eigenvalue weighted by Crippen LogP contribution is 2.42. The van der Waals surface area contributed by atoms with Gasteiger partial charge < -0.3 is 9.80 Å². The van der Waals surface area contributed by atoms with Crippen molar-refractivity contribution in [2.75, 3.05) is 14.1 Å². The van der Waals surface area contributed by atoms with Gasteiger partial charge in [0, 0.05) is 14.1 Å². The Hall–Kier alpha value is -1.54. The van der Waals surface area contributed by atoms with Gasteiger partial charge in [0.2, 0.25) is 12.5 Å². The van der Waals surface area contributed by atoms with Crippen molar-refractivity contribution >= 4 is 12.1 Å². The van der Waals surface area contributed by atoms with Crippen molar-refractivity contribution in [3.8, 4) is 0 Å². The average Bonchev–Trinajstić information content (AvgIpc) is 2.67. The van der Waals surface area contributed by atoms with Gasteiger partial charge in [0.05, 0.1) is 11.1 Å². The van der Waals surface area contributed by atoms with Crippen LogP contribution in [0.4, 0.5) is 9.59 Å². The first kappa shape index (κ1) is 13.4. The van der Waals surface area contributed by atoms with Crippen LogP contribution in [-0.2, 0) is 9.68 Å². The Kier molecular flexibility index (Phi) is 2.39. The van der Waals surface area contributed by atoms with Crippen molar-refractivity contribution in [3.63, 3.8) is 0 Å². The lowest BCUT2D eigenvalue weighted by Gasteiger charge is -2.42. The zero-order valence-corrected chi connectivity index (χ0v) is 12.6. The van der Waals surface area contributed by atoms with Crippen LogP contribution in [0.5, 0.6) is 0 Å². The van der Waals surface area contributed by atoms with E-state index in [2.05, 4.69) is 0 Å². The van der Waals surface area contributed by atoms with Crippen molar-refractivity contribution < 1.29 is 19.3 Å². The van der Waals surface area contributed by atoms with E-state index in [4.69, 9.17) is 9.68 Å². The lowest BCUT2D eigenvalue weighted by atomic mass is 10.0. The molecule has 0 spiro atoms. The maximum Gasteiger partial charge on any atom is 0.347 e. The van der Waals surface area contributed by atoms with Crippen LogP contribution in [0.25, 0.3) is 0 Å². The second kappa shape index (κ2) is 3.56. The zero-order valence-electron chi connectivity index (χ0n) is 12.6. The molecule has 3 aliphatic rings. The normalized spacial score (nSPS) is 34.7. The fraction of sp³-hybridized carbons (Fsp3) is 0.833. The van der Waals surface area contributed by atoms with Crippen molar-refractivity contribution in [1.82, 2.24) is 19.9 Å². The number of carbonyl (C=O) groups is 2. The maximum atomic E-state index is 12.2. The van der Waals surface area contributed by atoms with Crippen molar-refractivity contribution in [1.29, 1.82) is 0 Å². The molecule has 4 amide bonds. The Labute approximate surface area is 117 Å². The first-order chi connectivity index (χ1) is 9.10. The van der Waals surface area contributed by atoms with Gasteiger partial charge >= 0.3 is 12.1 Å². The van der Waals surface area contributed by atoms with E-state index in [1.165, 1.54) is 10.1 Å². The number of fused-ring (bicyclic) bond motifs is 2. The lowest BCUT2D eigenvalue weighted by Crippen LogP contribution is -2.60. The number of rotatable bonds is 0. The summed E-state index contributed by atoms with van der Waals surface area (Å²) in [5, 5.41) is 2.46. The number of hydrogen-bond acceptors (Lipinski definition) is 4. The number of likely N-dealkylation sites (N-methyl/N-ethyl adjacent to an activating group) is 2. The molecule has 3 heterocycles. The molecule has 112 valence electrons. The minimum Gasteiger partial charge on any atom is -0.316 e. The van der Waals surface area contributed by atoms with Crippen molar-refractivity contribution in [2.24, 2.45) is 0 Å². The third kappa shape index (κ3) is 1.33. The molecule has 0 aliphatic carbocycles. The van der Waals surface area contributed by atoms with Crippen LogP contribution in [0.3, 0.4) is 0 Å². The molecule has 0 aromatic rings. The van der Waals surface area contributed by atoms with Crippen LogP contribution < -0.4 is 0 Å². The van der Waals surface area contributed by atoms with Gasteiger partial charge in [0.1, 0.15) is 0 Å². The molecule has 2 unspecified atom stereocenters. The van der Waals surface area contributed by atoms with Gasteiger partial charge in [-0.25, -0.2) is 19.3 Å². The van der Waals surface area contributed by atoms with Crippen molar-refractivity contribution in [2.45, 2.75) is 51.2 Å². The molecule has 8 nitrogen and oxygen atoms in total. The van der Waals surface area contributed by atoms with Crippen LogP contribution >= 0.6 is 0 Å². The molecule has 0 aromatic heterocycles. The summed E-state index contributed by atoms with van der Waals surface area (Å²) in [6, 6.07) is -0.532. The zero-order chi connectivity index (χ0) is 15.0. The number of carbonyl (C=O) groups excluding carboxylic acids is 2. The molecule has 3 rings (SSSR count). The molecule has 0 saturated carbocycles. The summed E-state index contributed by atoms with van der Waals surface area (Å²) in [4.78, 5) is 39.2. The molecule has 3 saturated heterocycles. The van der Waals surface area contributed by atoms with Gasteiger partial charge in [-0.3, -0.25) is 0 Å². The van der Waals surface area contributed by atoms with E-state index in [-0.39, 0.29) is 12.1 Å². The highest BCUT2D eigenvalue weighted by molar-refractivity contribution is 5.79. The fourth-order valence-corrected chi connectivity index (χ4v) is 2.65. The molecule has 20 heavy (non-hydrogen) atoms. The predicted octanol–water partition coefficient (Wildman–Crippen LogP) is 0.807. The van der Waals surface area contributed by atoms with E-state index < -0.39 is 23.5 Å². The molecular formula is C12H20N4O4. The van der Waals surface area contributed by atoms with Gasteiger partial charge in [-0.15, -0.1) is 0 Å². The van der Waals surface area contributed by atoms with Gasteiger partial charge in [0.25, 0.3) is 0 Å². The van der Waals surface area contributed by atoms with E-state index in [1.807, 2.05) is 27.7 Å². The molecule has 0 radical (unpaired) electrons. The standard InChI is InChI=1S/C12H20N4O4/c1-11(2)7-15(9(17)13(11)5)20-8-12(3,4)14(6)10(18)16(8)19-7/h7-8H,1-6H3. The molecule has 3 aliphatic heterocycles. The second-order valence-corrected chi connectivity index (χ2v) is 6.56. The Morgan fingerprint density at radius 2 is 1.10 bits per heavy atom. The topological polar surface area (TPSA) is 65.6 Å². The molecule has 0 bridgehead atoms. The summed E-state index contributed by atoms with van der Waals surface area (Å²) in [5.41, 5.74) is -1.18.